The number of methoxy groups -OCH3 is 1. The number of carbonyl (C=O) groups excluding carboxylic acids is 1. The average molecular weight is 291 g/mol. The van der Waals surface area contributed by atoms with Crippen molar-refractivity contribution >= 4 is 11.9 Å². The van der Waals surface area contributed by atoms with Gasteiger partial charge in [0.15, 0.2) is 5.96 Å². The van der Waals surface area contributed by atoms with E-state index in [4.69, 9.17) is 10.5 Å². The van der Waals surface area contributed by atoms with Gasteiger partial charge < -0.3 is 10.5 Å². The molecule has 116 valence electrons. The third kappa shape index (κ3) is 6.79. The molecule has 3 N–H and O–H groups in total. The van der Waals surface area contributed by atoms with Gasteiger partial charge in [-0.25, -0.2) is 0 Å². The summed E-state index contributed by atoms with van der Waals surface area (Å²) < 4.78 is 5.13. The Bertz CT molecular complexity index is 498. The van der Waals surface area contributed by atoms with Crippen LogP contribution >= 0.6 is 0 Å². The van der Waals surface area contributed by atoms with Crippen molar-refractivity contribution in [3.63, 3.8) is 0 Å². The zero-order chi connectivity index (χ0) is 15.8. The summed E-state index contributed by atoms with van der Waals surface area (Å²) in [5, 5.41) is 2.62. The first-order valence-corrected chi connectivity index (χ1v) is 7.16. The molecule has 0 saturated carbocycles. The Morgan fingerprint density at radius 3 is 2.71 bits per heavy atom. The molecule has 0 saturated heterocycles. The largest absolute Gasteiger partial charge is 0.497 e. The van der Waals surface area contributed by atoms with Crippen LogP contribution < -0.4 is 15.8 Å². The Hall–Kier alpha value is -2.04. The molecule has 0 aliphatic heterocycles. The van der Waals surface area contributed by atoms with E-state index in [2.05, 4.69) is 24.2 Å². The number of ether oxygens (including phenoxy) is 1. The number of hydrogen-bond donors (Lipinski definition) is 2. The van der Waals surface area contributed by atoms with E-state index in [0.717, 1.165) is 17.7 Å². The van der Waals surface area contributed by atoms with Gasteiger partial charge in [-0.1, -0.05) is 26.0 Å². The number of guanidine groups is 1. The lowest BCUT2D eigenvalue weighted by Gasteiger charge is -2.11. The number of nitrogens with two attached hydrogens (primary N) is 1. The van der Waals surface area contributed by atoms with Gasteiger partial charge in [0.25, 0.3) is 0 Å². The molecule has 5 nitrogen and oxygen atoms in total. The van der Waals surface area contributed by atoms with E-state index in [-0.39, 0.29) is 24.3 Å². The van der Waals surface area contributed by atoms with E-state index in [1.54, 1.807) is 7.11 Å². The number of amides is 1. The fourth-order valence-corrected chi connectivity index (χ4v) is 2.16. The average Bonchev–Trinajstić information content (AvgIpc) is 2.37. The second kappa shape index (κ2) is 8.29. The lowest BCUT2D eigenvalue weighted by Crippen LogP contribution is -2.38. The van der Waals surface area contributed by atoms with E-state index in [1.807, 2.05) is 31.2 Å². The van der Waals surface area contributed by atoms with Gasteiger partial charge in [-0.15, -0.1) is 0 Å². The topological polar surface area (TPSA) is 76.7 Å². The highest BCUT2D eigenvalue weighted by atomic mass is 16.5. The summed E-state index contributed by atoms with van der Waals surface area (Å²) in [6.45, 7) is 6.24. The Labute approximate surface area is 126 Å². The van der Waals surface area contributed by atoms with Gasteiger partial charge >= 0.3 is 0 Å². The van der Waals surface area contributed by atoms with Crippen molar-refractivity contribution in [1.29, 1.82) is 0 Å². The number of nitrogens with zero attached hydrogens (tertiary/aromatic N) is 1. The van der Waals surface area contributed by atoms with Gasteiger partial charge in [0, 0.05) is 0 Å². The molecule has 1 aromatic rings. The second-order valence-electron chi connectivity index (χ2n) is 5.57. The summed E-state index contributed by atoms with van der Waals surface area (Å²) in [5.41, 5.74) is 6.62. The molecule has 21 heavy (non-hydrogen) atoms. The first-order valence-electron chi connectivity index (χ1n) is 7.16. The number of nitrogens with one attached hydrogen (secondary N) is 1. The molecule has 0 unspecified atom stereocenters. The molecular formula is C16H25N3O2. The van der Waals surface area contributed by atoms with Crippen molar-refractivity contribution in [2.24, 2.45) is 16.6 Å². The maximum Gasteiger partial charge on any atom is 0.231 e. The number of aliphatic imine (C=N–C) groups is 1. The summed E-state index contributed by atoms with van der Waals surface area (Å²) in [5.74, 6) is 1.27. The quantitative estimate of drug-likeness (QED) is 0.622. The predicted molar refractivity (Wildman–Crippen MR) is 85.4 cm³/mol. The molecule has 0 radical (unpaired) electrons. The van der Waals surface area contributed by atoms with Crippen LogP contribution in [0.25, 0.3) is 0 Å². The fourth-order valence-electron chi connectivity index (χ4n) is 2.16. The normalized spacial score (nSPS) is 13.1. The molecule has 0 aromatic heterocycles. The van der Waals surface area contributed by atoms with Crippen LogP contribution in [0.3, 0.4) is 0 Å². The standard InChI is InChI=1S/C16H25N3O2/c1-11(2)8-12(3)18-16(17)19-15(20)10-13-6-5-7-14(9-13)21-4/h5-7,9,11-12H,8,10H2,1-4H3,(H3,17,18,19,20)/t12-/m1/s1. The smallest absolute Gasteiger partial charge is 0.231 e. The molecule has 5 heteroatoms. The summed E-state index contributed by atoms with van der Waals surface area (Å²) in [4.78, 5) is 16.2. The molecule has 0 aliphatic rings. The number of benzene rings is 1. The lowest BCUT2D eigenvalue weighted by atomic mass is 10.1. The van der Waals surface area contributed by atoms with Crippen molar-refractivity contribution in [2.45, 2.75) is 39.7 Å². The first-order chi connectivity index (χ1) is 9.90. The Morgan fingerprint density at radius 2 is 2.10 bits per heavy atom. The predicted octanol–water partition coefficient (Wildman–Crippen LogP) is 2.10. The Kier molecular flexibility index (Phi) is 6.72. The van der Waals surface area contributed by atoms with E-state index < -0.39 is 0 Å². The molecular weight excluding hydrogens is 266 g/mol. The van der Waals surface area contributed by atoms with Gasteiger partial charge in [-0.3, -0.25) is 15.1 Å². The highest BCUT2D eigenvalue weighted by Crippen LogP contribution is 2.12. The van der Waals surface area contributed by atoms with Crippen molar-refractivity contribution in [1.82, 2.24) is 5.32 Å². The van der Waals surface area contributed by atoms with Gasteiger partial charge in [-0.05, 0) is 37.0 Å². The van der Waals surface area contributed by atoms with Crippen LogP contribution in [0, 0.1) is 5.92 Å². The van der Waals surface area contributed by atoms with Gasteiger partial charge in [-0.2, -0.15) is 0 Å². The molecule has 1 atom stereocenters. The van der Waals surface area contributed by atoms with E-state index in [1.165, 1.54) is 0 Å². The van der Waals surface area contributed by atoms with E-state index in [0.29, 0.717) is 5.92 Å². The zero-order valence-electron chi connectivity index (χ0n) is 13.2. The van der Waals surface area contributed by atoms with Crippen LogP contribution in [-0.2, 0) is 11.2 Å². The summed E-state index contributed by atoms with van der Waals surface area (Å²) in [7, 11) is 1.60. The van der Waals surface area contributed by atoms with E-state index in [9.17, 15) is 4.79 Å². The van der Waals surface area contributed by atoms with Crippen molar-refractivity contribution < 1.29 is 9.53 Å². The highest BCUT2D eigenvalue weighted by molar-refractivity contribution is 5.97. The lowest BCUT2D eigenvalue weighted by molar-refractivity contribution is -0.119. The summed E-state index contributed by atoms with van der Waals surface area (Å²) >= 11 is 0. The molecule has 1 rings (SSSR count). The van der Waals surface area contributed by atoms with Crippen molar-refractivity contribution in [3.8, 4) is 5.75 Å². The third-order valence-corrected chi connectivity index (χ3v) is 2.94. The Morgan fingerprint density at radius 1 is 1.38 bits per heavy atom. The van der Waals surface area contributed by atoms with Crippen molar-refractivity contribution in [2.75, 3.05) is 7.11 Å². The first kappa shape index (κ1) is 17.0. The van der Waals surface area contributed by atoms with Crippen LogP contribution in [0.5, 0.6) is 5.75 Å². The molecule has 0 heterocycles. The number of rotatable bonds is 6. The minimum atomic E-state index is -0.179. The van der Waals surface area contributed by atoms with E-state index >= 15 is 0 Å². The maximum atomic E-state index is 11.9. The SMILES string of the molecule is COc1cccc(CC(=O)NC(N)=N[C@H](C)CC(C)C)c1. The van der Waals surface area contributed by atoms with Crippen LogP contribution in [0.15, 0.2) is 29.3 Å². The van der Waals surface area contributed by atoms with Gasteiger partial charge in [0.2, 0.25) is 5.91 Å². The molecule has 0 bridgehead atoms. The minimum Gasteiger partial charge on any atom is -0.497 e. The highest BCUT2D eigenvalue weighted by Gasteiger charge is 2.08. The summed E-state index contributed by atoms with van der Waals surface area (Å²) in [6, 6.07) is 7.49. The second-order valence-corrected chi connectivity index (χ2v) is 5.57. The minimum absolute atomic E-state index is 0.0992. The maximum absolute atomic E-state index is 11.9. The molecule has 0 spiro atoms. The van der Waals surface area contributed by atoms with Crippen LogP contribution in [0.2, 0.25) is 0 Å². The number of hydrogen-bond acceptors (Lipinski definition) is 3. The van der Waals surface area contributed by atoms with Gasteiger partial charge in [0.1, 0.15) is 5.75 Å². The molecule has 1 aromatic carbocycles. The van der Waals surface area contributed by atoms with Crippen LogP contribution in [0.1, 0.15) is 32.8 Å². The van der Waals surface area contributed by atoms with Gasteiger partial charge in [0.05, 0.1) is 19.6 Å². The van der Waals surface area contributed by atoms with Crippen LogP contribution in [-0.4, -0.2) is 25.0 Å². The molecule has 0 aliphatic carbocycles. The van der Waals surface area contributed by atoms with Crippen molar-refractivity contribution in [3.05, 3.63) is 29.8 Å². The monoisotopic (exact) mass is 291 g/mol. The zero-order valence-corrected chi connectivity index (χ0v) is 13.2. The van der Waals surface area contributed by atoms with Crippen LogP contribution in [0.4, 0.5) is 0 Å². The fraction of sp³-hybridized carbons (Fsp3) is 0.500. The third-order valence-electron chi connectivity index (χ3n) is 2.94. The number of carbonyl (C=O) groups is 1. The summed E-state index contributed by atoms with van der Waals surface area (Å²) in [6.07, 6.45) is 1.18. The molecule has 0 fully saturated rings. The molecule has 1 amide bonds. The Balaban J connectivity index is 2.54.